The fourth-order valence-electron chi connectivity index (χ4n) is 2.64. The number of aromatic nitrogens is 2. The minimum Gasteiger partial charge on any atom is -0.355 e. The Morgan fingerprint density at radius 3 is 3.00 bits per heavy atom. The molecule has 1 aliphatic rings. The molecule has 0 atom stereocenters. The highest BCUT2D eigenvalue weighted by molar-refractivity contribution is 7.17. The summed E-state index contributed by atoms with van der Waals surface area (Å²) in [7, 11) is 2.03. The molecule has 3 heterocycles. The molecule has 1 aliphatic heterocycles. The molecule has 5 heteroatoms. The minimum absolute atomic E-state index is 0.812. The molecule has 0 amide bonds. The minimum atomic E-state index is 0.812. The van der Waals surface area contributed by atoms with Gasteiger partial charge in [0.2, 0.25) is 0 Å². The molecule has 3 rings (SSSR count). The molecule has 1 saturated heterocycles. The third kappa shape index (κ3) is 2.20. The number of rotatable bonds is 3. The van der Waals surface area contributed by atoms with Gasteiger partial charge < -0.3 is 10.2 Å². The molecule has 0 saturated carbocycles. The lowest BCUT2D eigenvalue weighted by molar-refractivity contribution is 0.393. The van der Waals surface area contributed by atoms with E-state index in [9.17, 15) is 0 Å². The Hall–Kier alpha value is -1.20. The smallest absolute Gasteiger partial charge is 0.150 e. The molecule has 0 bridgehead atoms. The second kappa shape index (κ2) is 5.20. The summed E-state index contributed by atoms with van der Waals surface area (Å²) >= 11 is 1.74. The zero-order chi connectivity index (χ0) is 12.4. The number of hydrogen-bond acceptors (Lipinski definition) is 5. The van der Waals surface area contributed by atoms with Gasteiger partial charge in [0.05, 0.1) is 10.2 Å². The Labute approximate surface area is 111 Å². The lowest BCUT2D eigenvalue weighted by atomic mass is 9.97. The summed E-state index contributed by atoms with van der Waals surface area (Å²) < 4.78 is 1.23. The predicted octanol–water partition coefficient (Wildman–Crippen LogP) is 2.13. The van der Waals surface area contributed by atoms with Crippen molar-refractivity contribution in [3.63, 3.8) is 0 Å². The van der Waals surface area contributed by atoms with E-state index < -0.39 is 0 Å². The standard InChI is InChI=1S/C13H18N4S/c1-14-8-10-2-5-17(6-3-10)13-12-11(4-7-18-12)15-9-16-13/h4,7,9-10,14H,2-3,5-6,8H2,1H3. The first-order valence-corrected chi connectivity index (χ1v) is 7.34. The maximum absolute atomic E-state index is 4.48. The third-order valence-electron chi connectivity index (χ3n) is 3.63. The van der Waals surface area contributed by atoms with E-state index in [0.717, 1.165) is 36.9 Å². The number of anilines is 1. The van der Waals surface area contributed by atoms with Crippen molar-refractivity contribution >= 4 is 27.4 Å². The van der Waals surface area contributed by atoms with E-state index >= 15 is 0 Å². The summed E-state index contributed by atoms with van der Waals surface area (Å²) in [6.07, 6.45) is 4.18. The first-order chi connectivity index (χ1) is 8.88. The van der Waals surface area contributed by atoms with Gasteiger partial charge >= 0.3 is 0 Å². The van der Waals surface area contributed by atoms with Crippen molar-refractivity contribution in [2.75, 3.05) is 31.6 Å². The zero-order valence-electron chi connectivity index (χ0n) is 10.6. The lowest BCUT2D eigenvalue weighted by Gasteiger charge is -2.32. The number of thiophene rings is 1. The van der Waals surface area contributed by atoms with Crippen molar-refractivity contribution < 1.29 is 0 Å². The Kier molecular flexibility index (Phi) is 3.43. The van der Waals surface area contributed by atoms with Crippen LogP contribution in [0.2, 0.25) is 0 Å². The third-order valence-corrected chi connectivity index (χ3v) is 4.53. The van der Waals surface area contributed by atoms with Crippen LogP contribution in [0.1, 0.15) is 12.8 Å². The Balaban J connectivity index is 1.78. The maximum Gasteiger partial charge on any atom is 0.150 e. The lowest BCUT2D eigenvalue weighted by Crippen LogP contribution is -2.37. The van der Waals surface area contributed by atoms with Crippen molar-refractivity contribution in [3.8, 4) is 0 Å². The topological polar surface area (TPSA) is 41.0 Å². The van der Waals surface area contributed by atoms with Gasteiger partial charge in [0.1, 0.15) is 12.1 Å². The van der Waals surface area contributed by atoms with E-state index in [4.69, 9.17) is 0 Å². The molecule has 4 nitrogen and oxygen atoms in total. The van der Waals surface area contributed by atoms with Crippen LogP contribution in [0, 0.1) is 5.92 Å². The molecule has 1 N–H and O–H groups in total. The number of hydrogen-bond donors (Lipinski definition) is 1. The molecule has 96 valence electrons. The van der Waals surface area contributed by atoms with E-state index in [1.165, 1.54) is 17.5 Å². The van der Waals surface area contributed by atoms with Crippen LogP contribution in [0.25, 0.3) is 10.2 Å². The molecular weight excluding hydrogens is 244 g/mol. The van der Waals surface area contributed by atoms with Gasteiger partial charge in [-0.3, -0.25) is 0 Å². The molecule has 0 spiro atoms. The van der Waals surface area contributed by atoms with Crippen molar-refractivity contribution in [1.29, 1.82) is 0 Å². The zero-order valence-corrected chi connectivity index (χ0v) is 11.4. The van der Waals surface area contributed by atoms with Gasteiger partial charge in [-0.1, -0.05) is 0 Å². The molecule has 2 aromatic heterocycles. The van der Waals surface area contributed by atoms with Gasteiger partial charge in [0.15, 0.2) is 0 Å². The molecule has 18 heavy (non-hydrogen) atoms. The number of nitrogens with zero attached hydrogens (tertiary/aromatic N) is 3. The fraction of sp³-hybridized carbons (Fsp3) is 0.538. The van der Waals surface area contributed by atoms with E-state index in [0.29, 0.717) is 0 Å². The van der Waals surface area contributed by atoms with Gasteiger partial charge in [-0.2, -0.15) is 0 Å². The van der Waals surface area contributed by atoms with Gasteiger partial charge in [0.25, 0.3) is 0 Å². The molecule has 0 radical (unpaired) electrons. The van der Waals surface area contributed by atoms with Gasteiger partial charge in [-0.25, -0.2) is 9.97 Å². The van der Waals surface area contributed by atoms with E-state index in [2.05, 4.69) is 31.6 Å². The summed E-state index contributed by atoms with van der Waals surface area (Å²) in [5, 5.41) is 5.37. The predicted molar refractivity (Wildman–Crippen MR) is 76.3 cm³/mol. The fourth-order valence-corrected chi connectivity index (χ4v) is 3.50. The van der Waals surface area contributed by atoms with Crippen LogP contribution in [-0.4, -0.2) is 36.6 Å². The molecule has 2 aromatic rings. The summed E-state index contributed by atoms with van der Waals surface area (Å²) in [4.78, 5) is 11.2. The largest absolute Gasteiger partial charge is 0.355 e. The van der Waals surface area contributed by atoms with Crippen molar-refractivity contribution in [2.24, 2.45) is 5.92 Å². The van der Waals surface area contributed by atoms with Crippen LogP contribution < -0.4 is 10.2 Å². The van der Waals surface area contributed by atoms with Crippen LogP contribution >= 0.6 is 11.3 Å². The van der Waals surface area contributed by atoms with Crippen LogP contribution in [0.3, 0.4) is 0 Å². The van der Waals surface area contributed by atoms with Crippen LogP contribution in [0.4, 0.5) is 5.82 Å². The molecular formula is C13H18N4S. The van der Waals surface area contributed by atoms with Crippen molar-refractivity contribution in [3.05, 3.63) is 17.8 Å². The number of nitrogens with one attached hydrogen (secondary N) is 1. The van der Waals surface area contributed by atoms with E-state index in [1.54, 1.807) is 17.7 Å². The monoisotopic (exact) mass is 262 g/mol. The normalized spacial score (nSPS) is 17.5. The van der Waals surface area contributed by atoms with E-state index in [-0.39, 0.29) is 0 Å². The summed E-state index contributed by atoms with van der Waals surface area (Å²) in [6, 6.07) is 2.07. The van der Waals surface area contributed by atoms with Crippen LogP contribution in [-0.2, 0) is 0 Å². The Bertz CT molecular complexity index is 516. The first-order valence-electron chi connectivity index (χ1n) is 6.46. The highest BCUT2D eigenvalue weighted by Crippen LogP contribution is 2.30. The molecule has 0 unspecified atom stereocenters. The second-order valence-corrected chi connectivity index (χ2v) is 5.74. The second-order valence-electron chi connectivity index (χ2n) is 4.82. The van der Waals surface area contributed by atoms with E-state index in [1.807, 2.05) is 7.05 Å². The van der Waals surface area contributed by atoms with Gasteiger partial charge in [0, 0.05) is 13.1 Å². The van der Waals surface area contributed by atoms with Crippen molar-refractivity contribution in [2.45, 2.75) is 12.8 Å². The average molecular weight is 262 g/mol. The molecule has 0 aliphatic carbocycles. The highest BCUT2D eigenvalue weighted by Gasteiger charge is 2.21. The summed E-state index contributed by atoms with van der Waals surface area (Å²) in [6.45, 7) is 3.35. The Morgan fingerprint density at radius 2 is 2.22 bits per heavy atom. The number of piperidine rings is 1. The maximum atomic E-state index is 4.48. The SMILES string of the molecule is CNCC1CCN(c2ncnc3ccsc23)CC1. The first kappa shape index (κ1) is 11.9. The number of fused-ring (bicyclic) bond motifs is 1. The van der Waals surface area contributed by atoms with Crippen molar-refractivity contribution in [1.82, 2.24) is 15.3 Å². The average Bonchev–Trinajstić information content (AvgIpc) is 2.88. The quantitative estimate of drug-likeness (QED) is 0.920. The summed E-state index contributed by atoms with van der Waals surface area (Å²) in [5.74, 6) is 1.94. The summed E-state index contributed by atoms with van der Waals surface area (Å²) in [5.41, 5.74) is 1.07. The van der Waals surface area contributed by atoms with Gasteiger partial charge in [-0.05, 0) is 43.8 Å². The van der Waals surface area contributed by atoms with Crippen LogP contribution in [0.15, 0.2) is 17.8 Å². The molecule has 1 fully saturated rings. The highest BCUT2D eigenvalue weighted by atomic mass is 32.1. The van der Waals surface area contributed by atoms with Crippen LogP contribution in [0.5, 0.6) is 0 Å². The molecule has 0 aromatic carbocycles. The Morgan fingerprint density at radius 1 is 1.39 bits per heavy atom. The van der Waals surface area contributed by atoms with Gasteiger partial charge in [-0.15, -0.1) is 11.3 Å².